The van der Waals surface area contributed by atoms with Crippen molar-refractivity contribution in [3.8, 4) is 0 Å². The minimum Gasteiger partial charge on any atom is -0.480 e. The van der Waals surface area contributed by atoms with Crippen molar-refractivity contribution in [3.63, 3.8) is 0 Å². The average Bonchev–Trinajstić information content (AvgIpc) is 3.04. The average molecular weight is 284 g/mol. The van der Waals surface area contributed by atoms with E-state index in [1.54, 1.807) is 4.90 Å². The highest BCUT2D eigenvalue weighted by atomic mass is 16.5. The van der Waals surface area contributed by atoms with Gasteiger partial charge in [-0.2, -0.15) is 0 Å². The lowest BCUT2D eigenvalue weighted by atomic mass is 10.1. The second-order valence-corrected chi connectivity index (χ2v) is 5.44. The van der Waals surface area contributed by atoms with Gasteiger partial charge in [-0.1, -0.05) is 0 Å². The number of carbonyl (C=O) groups is 3. The fourth-order valence-electron chi connectivity index (χ4n) is 3.03. The van der Waals surface area contributed by atoms with Crippen molar-refractivity contribution in [2.24, 2.45) is 5.92 Å². The van der Waals surface area contributed by atoms with E-state index in [1.807, 2.05) is 0 Å². The van der Waals surface area contributed by atoms with Gasteiger partial charge in [0.15, 0.2) is 0 Å². The Balaban J connectivity index is 1.86. The largest absolute Gasteiger partial charge is 0.480 e. The third-order valence-electron chi connectivity index (χ3n) is 4.13. The Morgan fingerprint density at radius 1 is 1.40 bits per heavy atom. The van der Waals surface area contributed by atoms with Gasteiger partial charge in [0.2, 0.25) is 0 Å². The summed E-state index contributed by atoms with van der Waals surface area (Å²) in [7, 11) is 1.25. The number of carboxylic acids is 1. The number of hydrogen-bond donors (Lipinski definition) is 2. The molecule has 2 unspecified atom stereocenters. The SMILES string of the molecule is COC(=O)CC[C@H](NC(=O)N1CC2CCC1C2)C(=O)O. The molecular formula is C13H20N2O5. The van der Waals surface area contributed by atoms with Crippen LogP contribution in [0.3, 0.4) is 0 Å². The molecule has 2 amide bonds. The maximum absolute atomic E-state index is 12.1. The number of nitrogens with zero attached hydrogens (tertiary/aromatic N) is 1. The molecule has 20 heavy (non-hydrogen) atoms. The summed E-state index contributed by atoms with van der Waals surface area (Å²) in [6.07, 6.45) is 3.18. The number of methoxy groups -OCH3 is 1. The maximum atomic E-state index is 12.1. The number of carbonyl (C=O) groups excluding carboxylic acids is 2. The van der Waals surface area contributed by atoms with Crippen molar-refractivity contribution in [2.75, 3.05) is 13.7 Å². The molecule has 2 N–H and O–H groups in total. The summed E-state index contributed by atoms with van der Waals surface area (Å²) in [6.45, 7) is 0.708. The highest BCUT2D eigenvalue weighted by molar-refractivity contribution is 5.83. The number of piperidine rings is 1. The van der Waals surface area contributed by atoms with E-state index in [0.717, 1.165) is 19.3 Å². The number of rotatable bonds is 5. The molecule has 3 atom stereocenters. The van der Waals surface area contributed by atoms with Crippen LogP contribution in [0.15, 0.2) is 0 Å². The minimum absolute atomic E-state index is 0.0280. The first-order valence-corrected chi connectivity index (χ1v) is 6.88. The lowest BCUT2D eigenvalue weighted by molar-refractivity contribution is -0.142. The third kappa shape index (κ3) is 3.20. The fourth-order valence-corrected chi connectivity index (χ4v) is 3.03. The van der Waals surface area contributed by atoms with Gasteiger partial charge in [-0.3, -0.25) is 4.79 Å². The quantitative estimate of drug-likeness (QED) is 0.720. The third-order valence-corrected chi connectivity index (χ3v) is 4.13. The van der Waals surface area contributed by atoms with E-state index in [0.29, 0.717) is 12.5 Å². The van der Waals surface area contributed by atoms with Crippen LogP contribution in [0, 0.1) is 5.92 Å². The van der Waals surface area contributed by atoms with Gasteiger partial charge in [-0.25, -0.2) is 9.59 Å². The van der Waals surface area contributed by atoms with E-state index in [9.17, 15) is 14.4 Å². The van der Waals surface area contributed by atoms with Crippen LogP contribution >= 0.6 is 0 Å². The number of nitrogens with one attached hydrogen (secondary N) is 1. The molecule has 0 aromatic heterocycles. The zero-order valence-electron chi connectivity index (χ0n) is 11.5. The first-order chi connectivity index (χ1) is 9.51. The molecule has 0 radical (unpaired) electrons. The van der Waals surface area contributed by atoms with Gasteiger partial charge in [-0.15, -0.1) is 0 Å². The van der Waals surface area contributed by atoms with Gasteiger partial charge < -0.3 is 20.1 Å². The van der Waals surface area contributed by atoms with Crippen molar-refractivity contribution in [1.29, 1.82) is 0 Å². The topological polar surface area (TPSA) is 95.9 Å². The van der Waals surface area contributed by atoms with Crippen LogP contribution in [0.2, 0.25) is 0 Å². The summed E-state index contributed by atoms with van der Waals surface area (Å²) >= 11 is 0. The van der Waals surface area contributed by atoms with Gasteiger partial charge in [0.25, 0.3) is 0 Å². The van der Waals surface area contributed by atoms with Crippen LogP contribution in [0.4, 0.5) is 4.79 Å². The number of amides is 2. The number of urea groups is 1. The second kappa shape index (κ2) is 6.11. The van der Waals surface area contributed by atoms with Gasteiger partial charge >= 0.3 is 18.0 Å². The molecule has 2 fully saturated rings. The molecule has 1 saturated heterocycles. The second-order valence-electron chi connectivity index (χ2n) is 5.44. The van der Waals surface area contributed by atoms with Gasteiger partial charge in [0.05, 0.1) is 7.11 Å². The molecule has 0 aromatic carbocycles. The van der Waals surface area contributed by atoms with Gasteiger partial charge in [-0.05, 0) is 31.6 Å². The molecule has 2 aliphatic rings. The first kappa shape index (κ1) is 14.6. The van der Waals surface area contributed by atoms with Crippen molar-refractivity contribution in [2.45, 2.75) is 44.2 Å². The van der Waals surface area contributed by atoms with Gasteiger partial charge in [0, 0.05) is 19.0 Å². The smallest absolute Gasteiger partial charge is 0.326 e. The van der Waals surface area contributed by atoms with E-state index in [-0.39, 0.29) is 24.9 Å². The number of hydrogen-bond acceptors (Lipinski definition) is 4. The lowest BCUT2D eigenvalue weighted by Gasteiger charge is -2.28. The molecule has 2 bridgehead atoms. The van der Waals surface area contributed by atoms with Crippen LogP contribution in [0.5, 0.6) is 0 Å². The minimum atomic E-state index is -1.13. The summed E-state index contributed by atoms with van der Waals surface area (Å²) in [6, 6.07) is -1.15. The van der Waals surface area contributed by atoms with Crippen molar-refractivity contribution in [3.05, 3.63) is 0 Å². The van der Waals surface area contributed by atoms with E-state index < -0.39 is 18.0 Å². The van der Waals surface area contributed by atoms with Crippen molar-refractivity contribution < 1.29 is 24.2 Å². The Labute approximate surface area is 117 Å². The molecule has 0 spiro atoms. The number of fused-ring (bicyclic) bond motifs is 2. The number of likely N-dealkylation sites (tertiary alicyclic amines) is 1. The number of esters is 1. The summed E-state index contributed by atoms with van der Waals surface area (Å²) in [5, 5.41) is 11.6. The van der Waals surface area contributed by atoms with Crippen LogP contribution < -0.4 is 5.32 Å². The molecule has 7 heteroatoms. The molecule has 0 aromatic rings. The molecular weight excluding hydrogens is 264 g/mol. The molecule has 1 aliphatic carbocycles. The van der Waals surface area contributed by atoms with E-state index in [2.05, 4.69) is 10.1 Å². The standard InChI is InChI=1S/C13H20N2O5/c1-20-11(16)5-4-10(12(17)18)14-13(19)15-7-8-2-3-9(15)6-8/h8-10H,2-7H2,1H3,(H,14,19)(H,17,18)/t8?,9?,10-/m0/s1. The molecule has 1 aliphatic heterocycles. The fraction of sp³-hybridized carbons (Fsp3) is 0.769. The monoisotopic (exact) mass is 284 g/mol. The van der Waals surface area contributed by atoms with Crippen molar-refractivity contribution in [1.82, 2.24) is 10.2 Å². The molecule has 2 rings (SSSR count). The predicted octanol–water partition coefficient (Wildman–Crippen LogP) is 0.587. The summed E-state index contributed by atoms with van der Waals surface area (Å²) in [5.41, 5.74) is 0. The Hall–Kier alpha value is -1.79. The number of carboxylic acid groups (broad SMARTS) is 1. The molecule has 1 saturated carbocycles. The van der Waals surface area contributed by atoms with E-state index >= 15 is 0 Å². The Morgan fingerprint density at radius 2 is 2.15 bits per heavy atom. The maximum Gasteiger partial charge on any atom is 0.326 e. The highest BCUT2D eigenvalue weighted by Gasteiger charge is 2.41. The molecule has 112 valence electrons. The Kier molecular flexibility index (Phi) is 4.46. The molecule has 7 nitrogen and oxygen atoms in total. The number of ether oxygens (including phenoxy) is 1. The summed E-state index contributed by atoms with van der Waals surface area (Å²) in [4.78, 5) is 36.0. The van der Waals surface area contributed by atoms with E-state index in [1.165, 1.54) is 7.11 Å². The van der Waals surface area contributed by atoms with E-state index in [4.69, 9.17) is 5.11 Å². The Bertz CT molecular complexity index is 412. The predicted molar refractivity (Wildman–Crippen MR) is 69.0 cm³/mol. The zero-order valence-corrected chi connectivity index (χ0v) is 11.5. The highest BCUT2D eigenvalue weighted by Crippen LogP contribution is 2.37. The van der Waals surface area contributed by atoms with Crippen LogP contribution in [0.1, 0.15) is 32.1 Å². The van der Waals surface area contributed by atoms with Crippen LogP contribution in [-0.4, -0.2) is 53.7 Å². The zero-order chi connectivity index (χ0) is 14.7. The van der Waals surface area contributed by atoms with Gasteiger partial charge in [0.1, 0.15) is 6.04 Å². The number of aliphatic carboxylic acids is 1. The van der Waals surface area contributed by atoms with Crippen LogP contribution in [-0.2, 0) is 14.3 Å². The normalized spacial score (nSPS) is 25.4. The first-order valence-electron chi connectivity index (χ1n) is 6.88. The lowest BCUT2D eigenvalue weighted by Crippen LogP contribution is -2.50. The van der Waals surface area contributed by atoms with Crippen LogP contribution in [0.25, 0.3) is 0 Å². The summed E-state index contributed by atoms with van der Waals surface area (Å²) < 4.78 is 4.47. The Morgan fingerprint density at radius 3 is 2.65 bits per heavy atom. The summed E-state index contributed by atoms with van der Waals surface area (Å²) in [5.74, 6) is -1.05. The molecule has 1 heterocycles. The van der Waals surface area contributed by atoms with Crippen molar-refractivity contribution >= 4 is 18.0 Å².